The third-order valence-corrected chi connectivity index (χ3v) is 5.88. The predicted molar refractivity (Wildman–Crippen MR) is 105 cm³/mol. The average molecular weight is 468 g/mol. The molecule has 2 heterocycles. The van der Waals surface area contributed by atoms with E-state index >= 15 is 0 Å². The molecule has 0 N–H and O–H groups in total. The van der Waals surface area contributed by atoms with Crippen LogP contribution in [-0.2, 0) is 11.0 Å². The fourth-order valence-electron chi connectivity index (χ4n) is 2.79. The van der Waals surface area contributed by atoms with Gasteiger partial charge < -0.3 is 9.80 Å². The number of halogens is 6. The summed E-state index contributed by atoms with van der Waals surface area (Å²) in [4.78, 5) is 20.3. The molecule has 0 spiro atoms. The molecule has 0 aliphatic carbocycles. The predicted octanol–water partition coefficient (Wildman–Crippen LogP) is 4.99. The first kappa shape index (κ1) is 22.0. The topological polar surface area (TPSA) is 36.4 Å². The van der Waals surface area contributed by atoms with Crippen molar-refractivity contribution >= 4 is 46.7 Å². The van der Waals surface area contributed by atoms with Gasteiger partial charge in [-0.15, -0.1) is 11.8 Å². The highest BCUT2D eigenvalue weighted by Crippen LogP contribution is 2.33. The van der Waals surface area contributed by atoms with Gasteiger partial charge in [0.15, 0.2) is 0 Å². The van der Waals surface area contributed by atoms with Gasteiger partial charge in [-0.1, -0.05) is 23.2 Å². The lowest BCUT2D eigenvalue weighted by Crippen LogP contribution is -2.49. The fraction of sp³-hybridized carbons (Fsp3) is 0.333. The van der Waals surface area contributed by atoms with Crippen LogP contribution >= 0.6 is 35.0 Å². The van der Waals surface area contributed by atoms with Gasteiger partial charge in [0.1, 0.15) is 11.6 Å². The summed E-state index contributed by atoms with van der Waals surface area (Å²) >= 11 is 13.0. The van der Waals surface area contributed by atoms with Crippen molar-refractivity contribution in [3.05, 3.63) is 51.9 Å². The Kier molecular flexibility index (Phi) is 6.80. The second-order valence-corrected chi connectivity index (χ2v) is 8.12. The van der Waals surface area contributed by atoms with Crippen molar-refractivity contribution in [1.29, 1.82) is 0 Å². The quantitative estimate of drug-likeness (QED) is 0.468. The first-order valence-corrected chi connectivity index (χ1v) is 10.2. The summed E-state index contributed by atoms with van der Waals surface area (Å²) in [6, 6.07) is 5.11. The first-order valence-electron chi connectivity index (χ1n) is 8.48. The Morgan fingerprint density at radius 3 is 2.38 bits per heavy atom. The Labute approximate surface area is 178 Å². The van der Waals surface area contributed by atoms with E-state index < -0.39 is 17.6 Å². The number of rotatable bonds is 4. The molecule has 0 radical (unpaired) electrons. The molecule has 4 nitrogen and oxygen atoms in total. The molecule has 156 valence electrons. The highest BCUT2D eigenvalue weighted by molar-refractivity contribution is 8.00. The second-order valence-electron chi connectivity index (χ2n) is 6.26. The molecule has 1 aliphatic heterocycles. The molecule has 0 bridgehead atoms. The lowest BCUT2D eigenvalue weighted by molar-refractivity contribution is -0.137. The Morgan fingerprint density at radius 1 is 1.10 bits per heavy atom. The Bertz CT molecular complexity index is 905. The highest BCUT2D eigenvalue weighted by atomic mass is 35.5. The number of hydrogen-bond donors (Lipinski definition) is 0. The maximum atomic E-state index is 13.2. The van der Waals surface area contributed by atoms with Crippen molar-refractivity contribution in [2.24, 2.45) is 0 Å². The van der Waals surface area contributed by atoms with E-state index in [2.05, 4.69) is 4.98 Å². The number of aromatic nitrogens is 1. The molecule has 29 heavy (non-hydrogen) atoms. The Morgan fingerprint density at radius 2 is 1.79 bits per heavy atom. The summed E-state index contributed by atoms with van der Waals surface area (Å²) in [5.41, 5.74) is -0.905. The molecule has 3 rings (SSSR count). The number of amides is 1. The maximum Gasteiger partial charge on any atom is 0.417 e. The second kappa shape index (κ2) is 8.97. The largest absolute Gasteiger partial charge is 0.417 e. The van der Waals surface area contributed by atoms with Crippen molar-refractivity contribution in [2.45, 2.75) is 11.1 Å². The van der Waals surface area contributed by atoms with E-state index in [1.54, 1.807) is 15.9 Å². The number of hydrogen-bond acceptors (Lipinski definition) is 4. The molecule has 0 unspecified atom stereocenters. The summed E-state index contributed by atoms with van der Waals surface area (Å²) in [6.07, 6.45) is -3.75. The normalized spacial score (nSPS) is 15.0. The summed E-state index contributed by atoms with van der Waals surface area (Å²) in [5, 5.41) is -0.0830. The summed E-state index contributed by atoms with van der Waals surface area (Å²) < 4.78 is 51.4. The van der Waals surface area contributed by atoms with Crippen LogP contribution in [0.2, 0.25) is 10.0 Å². The van der Waals surface area contributed by atoms with Gasteiger partial charge >= 0.3 is 6.18 Å². The number of anilines is 1. The van der Waals surface area contributed by atoms with Crippen molar-refractivity contribution in [3.63, 3.8) is 0 Å². The molecule has 2 aromatic rings. The molecular weight excluding hydrogens is 453 g/mol. The van der Waals surface area contributed by atoms with Crippen LogP contribution in [0.3, 0.4) is 0 Å². The monoisotopic (exact) mass is 467 g/mol. The number of thioether (sulfide) groups is 1. The van der Waals surface area contributed by atoms with Gasteiger partial charge in [0, 0.05) is 37.3 Å². The molecule has 11 heteroatoms. The minimum absolute atomic E-state index is 0.00279. The van der Waals surface area contributed by atoms with Crippen LogP contribution in [-0.4, -0.2) is 47.7 Å². The minimum atomic E-state index is -4.51. The van der Waals surface area contributed by atoms with Gasteiger partial charge in [0.05, 0.1) is 21.4 Å². The Hall–Kier alpha value is -1.71. The molecule has 1 fully saturated rings. The minimum Gasteiger partial charge on any atom is -0.352 e. The third kappa shape index (κ3) is 5.46. The maximum absolute atomic E-state index is 13.2. The number of nitrogens with zero attached hydrogens (tertiary/aromatic N) is 3. The average Bonchev–Trinajstić information content (AvgIpc) is 2.68. The van der Waals surface area contributed by atoms with Crippen LogP contribution < -0.4 is 4.90 Å². The summed E-state index contributed by atoms with van der Waals surface area (Å²) in [5.74, 6) is -0.181. The zero-order valence-corrected chi connectivity index (χ0v) is 17.2. The molecule has 1 aliphatic rings. The smallest absolute Gasteiger partial charge is 0.352 e. The fourth-order valence-corrected chi connectivity index (χ4v) is 4.16. The Balaban J connectivity index is 1.54. The molecule has 1 amide bonds. The van der Waals surface area contributed by atoms with Crippen molar-refractivity contribution in [1.82, 2.24) is 9.88 Å². The lowest BCUT2D eigenvalue weighted by atomic mass is 10.2. The number of pyridine rings is 1. The van der Waals surface area contributed by atoms with Crippen LogP contribution in [0.15, 0.2) is 35.4 Å². The molecule has 1 aromatic heterocycles. The van der Waals surface area contributed by atoms with Gasteiger partial charge in [0.25, 0.3) is 0 Å². The molecular formula is C18H15Cl2F4N3OS. The van der Waals surface area contributed by atoms with Gasteiger partial charge in [0.2, 0.25) is 5.91 Å². The number of benzene rings is 1. The number of carbonyl (C=O) groups excluding carboxylic acids is 1. The van der Waals surface area contributed by atoms with Crippen LogP contribution in [0.4, 0.5) is 23.4 Å². The SMILES string of the molecule is O=C(CSc1ccc(F)c(Cl)c1)N1CCN(c2ncc(C(F)(F)F)cc2Cl)CC1. The zero-order valence-electron chi connectivity index (χ0n) is 14.8. The van der Waals surface area contributed by atoms with E-state index in [1.807, 2.05) is 0 Å². The summed E-state index contributed by atoms with van der Waals surface area (Å²) in [7, 11) is 0. The van der Waals surface area contributed by atoms with Gasteiger partial charge in [-0.2, -0.15) is 13.2 Å². The number of piperazine rings is 1. The number of carbonyl (C=O) groups is 1. The molecule has 1 aromatic carbocycles. The molecule has 0 atom stereocenters. The zero-order chi connectivity index (χ0) is 21.2. The third-order valence-electron chi connectivity index (χ3n) is 4.33. The van der Waals surface area contributed by atoms with E-state index in [9.17, 15) is 22.4 Å². The van der Waals surface area contributed by atoms with E-state index in [-0.39, 0.29) is 27.5 Å². The van der Waals surface area contributed by atoms with Gasteiger partial charge in [-0.3, -0.25) is 4.79 Å². The van der Waals surface area contributed by atoms with E-state index in [1.165, 1.54) is 23.9 Å². The van der Waals surface area contributed by atoms with Gasteiger partial charge in [-0.25, -0.2) is 9.37 Å². The van der Waals surface area contributed by atoms with E-state index in [0.29, 0.717) is 31.1 Å². The van der Waals surface area contributed by atoms with Gasteiger partial charge in [-0.05, 0) is 24.3 Å². The number of alkyl halides is 3. The van der Waals surface area contributed by atoms with Crippen molar-refractivity contribution in [2.75, 3.05) is 36.8 Å². The summed E-state index contributed by atoms with van der Waals surface area (Å²) in [6.45, 7) is 1.58. The van der Waals surface area contributed by atoms with Crippen molar-refractivity contribution in [3.8, 4) is 0 Å². The van der Waals surface area contributed by atoms with E-state index in [0.717, 1.165) is 12.3 Å². The van der Waals surface area contributed by atoms with Crippen molar-refractivity contribution < 1.29 is 22.4 Å². The van der Waals surface area contributed by atoms with Crippen LogP contribution in [0, 0.1) is 5.82 Å². The first-order chi connectivity index (χ1) is 13.6. The van der Waals surface area contributed by atoms with Crippen LogP contribution in [0.5, 0.6) is 0 Å². The standard InChI is InChI=1S/C18H15Cl2F4N3OS/c19-13-8-12(1-2-15(13)21)29-10-16(28)26-3-5-27(6-4-26)17-14(20)7-11(9-25-17)18(22,23)24/h1-2,7-9H,3-6,10H2. The molecule has 0 saturated carbocycles. The lowest BCUT2D eigenvalue weighted by Gasteiger charge is -2.35. The van der Waals surface area contributed by atoms with Crippen LogP contribution in [0.1, 0.15) is 5.56 Å². The highest BCUT2D eigenvalue weighted by Gasteiger charge is 2.32. The van der Waals surface area contributed by atoms with E-state index in [4.69, 9.17) is 23.2 Å². The van der Waals surface area contributed by atoms with Crippen LogP contribution in [0.25, 0.3) is 0 Å². The molecule has 1 saturated heterocycles.